The molecule has 0 saturated heterocycles. The predicted octanol–water partition coefficient (Wildman–Crippen LogP) is 3.68. The molecule has 0 heterocycles. The fourth-order valence-corrected chi connectivity index (χ4v) is 2.60. The molecule has 1 N–H and O–H groups in total. The molecule has 0 spiro atoms. The van der Waals surface area contributed by atoms with Crippen molar-refractivity contribution in [1.82, 2.24) is 0 Å². The van der Waals surface area contributed by atoms with Gasteiger partial charge in [-0.15, -0.1) is 0 Å². The van der Waals surface area contributed by atoms with Gasteiger partial charge >= 0.3 is 7.60 Å². The van der Waals surface area contributed by atoms with E-state index in [1.54, 1.807) is 48.5 Å². The third kappa shape index (κ3) is 3.60. The van der Waals surface area contributed by atoms with Crippen molar-refractivity contribution in [2.75, 3.05) is 0 Å². The molecule has 0 fully saturated rings. The summed E-state index contributed by atoms with van der Waals surface area (Å²) in [5, 5.41) is 9.68. The van der Waals surface area contributed by atoms with Crippen LogP contribution < -0.4 is 9.05 Å². The Morgan fingerprint density at radius 2 is 1.26 bits per heavy atom. The maximum absolute atomic E-state index is 12.6. The summed E-state index contributed by atoms with van der Waals surface area (Å²) in [4.78, 5) is 0. The lowest BCUT2D eigenvalue weighted by molar-refractivity contribution is 0.225. The van der Waals surface area contributed by atoms with Crippen molar-refractivity contribution in [2.45, 2.75) is 12.8 Å². The quantitative estimate of drug-likeness (QED) is 0.848. The van der Waals surface area contributed by atoms with Gasteiger partial charge in [-0.1, -0.05) is 36.4 Å². The van der Waals surface area contributed by atoms with E-state index in [-0.39, 0.29) is 0 Å². The number of aliphatic hydroxyl groups excluding tert-OH is 1. The summed E-state index contributed by atoms with van der Waals surface area (Å²) in [6.07, 6.45) is 0. The molecule has 100 valence electrons. The normalized spacial score (nSPS) is 12.7. The summed E-state index contributed by atoms with van der Waals surface area (Å²) >= 11 is 0. The molecule has 0 aliphatic carbocycles. The highest BCUT2D eigenvalue weighted by Gasteiger charge is 2.34. The van der Waals surface area contributed by atoms with Crippen molar-refractivity contribution >= 4 is 7.60 Å². The molecule has 4 nitrogen and oxygen atoms in total. The Hall–Kier alpha value is -1.77. The van der Waals surface area contributed by atoms with Crippen molar-refractivity contribution in [3.8, 4) is 11.5 Å². The van der Waals surface area contributed by atoms with Gasteiger partial charge in [0.05, 0.1) is 0 Å². The molecule has 1 atom stereocenters. The largest absolute Gasteiger partial charge is 0.458 e. The molecule has 5 heteroatoms. The second-order valence-electron chi connectivity index (χ2n) is 3.98. The van der Waals surface area contributed by atoms with E-state index in [9.17, 15) is 9.67 Å². The number of para-hydroxylation sites is 2. The Morgan fingerprint density at radius 3 is 1.58 bits per heavy atom. The maximum atomic E-state index is 12.6. The van der Waals surface area contributed by atoms with Crippen LogP contribution in [0.5, 0.6) is 11.5 Å². The Bertz CT molecular complexity index is 509. The topological polar surface area (TPSA) is 55.8 Å². The van der Waals surface area contributed by atoms with E-state index >= 15 is 0 Å². The lowest BCUT2D eigenvalue weighted by Crippen LogP contribution is -2.12. The van der Waals surface area contributed by atoms with Gasteiger partial charge in [-0.25, -0.2) is 4.57 Å². The van der Waals surface area contributed by atoms with Gasteiger partial charge in [0.1, 0.15) is 11.5 Å². The Morgan fingerprint density at radius 1 is 0.895 bits per heavy atom. The zero-order valence-electron chi connectivity index (χ0n) is 10.5. The fourth-order valence-electron chi connectivity index (χ4n) is 1.43. The summed E-state index contributed by atoms with van der Waals surface area (Å²) in [5.74, 6) is -0.446. The van der Waals surface area contributed by atoms with Crippen molar-refractivity contribution in [2.24, 2.45) is 0 Å². The van der Waals surface area contributed by atoms with Crippen LogP contribution in [0.15, 0.2) is 60.7 Å². The first-order valence-electron chi connectivity index (χ1n) is 5.87. The third-order valence-electron chi connectivity index (χ3n) is 2.41. The number of benzene rings is 2. The average molecular weight is 278 g/mol. The predicted molar refractivity (Wildman–Crippen MR) is 73.4 cm³/mol. The molecule has 0 bridgehead atoms. The first-order chi connectivity index (χ1) is 9.10. The van der Waals surface area contributed by atoms with Crippen LogP contribution in [0.3, 0.4) is 0 Å². The van der Waals surface area contributed by atoms with Crippen LogP contribution in [0.2, 0.25) is 0 Å². The molecule has 0 aliphatic rings. The van der Waals surface area contributed by atoms with E-state index in [1.807, 2.05) is 12.1 Å². The SMILES string of the molecule is CC(O)P(=O)(Oc1ccccc1)Oc1ccccc1. The molecule has 2 aromatic carbocycles. The molecule has 2 aromatic rings. The highest BCUT2D eigenvalue weighted by Crippen LogP contribution is 2.51. The maximum Gasteiger partial charge on any atom is 0.458 e. The van der Waals surface area contributed by atoms with Gasteiger partial charge in [-0.3, -0.25) is 0 Å². The smallest absolute Gasteiger partial charge is 0.414 e. The van der Waals surface area contributed by atoms with Gasteiger partial charge in [-0.05, 0) is 31.2 Å². The van der Waals surface area contributed by atoms with E-state index < -0.39 is 13.4 Å². The molecule has 0 amide bonds. The summed E-state index contributed by atoms with van der Waals surface area (Å²) in [7, 11) is -3.68. The van der Waals surface area contributed by atoms with Crippen LogP contribution in [-0.4, -0.2) is 11.0 Å². The van der Waals surface area contributed by atoms with Gasteiger partial charge in [0.2, 0.25) is 0 Å². The number of aliphatic hydroxyl groups is 1. The molecular formula is C14H15O4P. The summed E-state index contributed by atoms with van der Waals surface area (Å²) < 4.78 is 23.3. The van der Waals surface area contributed by atoms with E-state index in [1.165, 1.54) is 6.92 Å². The number of hydrogen-bond donors (Lipinski definition) is 1. The van der Waals surface area contributed by atoms with E-state index in [4.69, 9.17) is 9.05 Å². The fraction of sp³-hybridized carbons (Fsp3) is 0.143. The van der Waals surface area contributed by atoms with Gasteiger partial charge in [0.15, 0.2) is 5.85 Å². The molecule has 0 aromatic heterocycles. The summed E-state index contributed by atoms with van der Waals surface area (Å²) in [6, 6.07) is 17.3. The van der Waals surface area contributed by atoms with Crippen LogP contribution in [0, 0.1) is 0 Å². The Balaban J connectivity index is 2.21. The minimum atomic E-state index is -3.68. The zero-order chi connectivity index (χ0) is 13.7. The van der Waals surface area contributed by atoms with Gasteiger partial charge in [-0.2, -0.15) is 0 Å². The van der Waals surface area contributed by atoms with Crippen LogP contribution in [0.25, 0.3) is 0 Å². The molecule has 1 unspecified atom stereocenters. The third-order valence-corrected chi connectivity index (χ3v) is 4.26. The van der Waals surface area contributed by atoms with Gasteiger partial charge in [0.25, 0.3) is 0 Å². The first-order valence-corrected chi connectivity index (χ1v) is 7.48. The number of hydrogen-bond acceptors (Lipinski definition) is 4. The first kappa shape index (κ1) is 13.7. The lowest BCUT2D eigenvalue weighted by atomic mass is 10.3. The standard InChI is InChI=1S/C14H15O4P/c1-12(15)19(16,17-13-8-4-2-5-9-13)18-14-10-6-3-7-11-14/h2-12,15H,1H3. The molecule has 0 aliphatic heterocycles. The minimum Gasteiger partial charge on any atom is -0.414 e. The highest BCUT2D eigenvalue weighted by atomic mass is 31.2. The average Bonchev–Trinajstić information content (AvgIpc) is 2.40. The second kappa shape index (κ2) is 5.91. The molecule has 2 rings (SSSR count). The van der Waals surface area contributed by atoms with Crippen LogP contribution in [0.4, 0.5) is 0 Å². The van der Waals surface area contributed by atoms with Crippen LogP contribution in [-0.2, 0) is 4.57 Å². The Kier molecular flexibility index (Phi) is 4.25. The minimum absolute atomic E-state index is 0.391. The van der Waals surface area contributed by atoms with Crippen molar-refractivity contribution in [3.05, 3.63) is 60.7 Å². The molecule has 19 heavy (non-hydrogen) atoms. The van der Waals surface area contributed by atoms with Gasteiger partial charge < -0.3 is 14.2 Å². The Labute approximate surface area is 112 Å². The lowest BCUT2D eigenvalue weighted by Gasteiger charge is -2.22. The molecule has 0 saturated carbocycles. The second-order valence-corrected chi connectivity index (χ2v) is 6.17. The van der Waals surface area contributed by atoms with Crippen molar-refractivity contribution in [3.63, 3.8) is 0 Å². The molecular weight excluding hydrogens is 263 g/mol. The summed E-state index contributed by atoms with van der Waals surface area (Å²) in [6.45, 7) is 1.38. The van der Waals surface area contributed by atoms with E-state index in [0.717, 1.165) is 0 Å². The highest BCUT2D eigenvalue weighted by molar-refractivity contribution is 7.55. The number of rotatable bonds is 5. The molecule has 0 radical (unpaired) electrons. The van der Waals surface area contributed by atoms with Crippen LogP contribution in [0.1, 0.15) is 6.92 Å². The van der Waals surface area contributed by atoms with E-state index in [0.29, 0.717) is 11.5 Å². The van der Waals surface area contributed by atoms with Gasteiger partial charge in [0, 0.05) is 0 Å². The zero-order valence-corrected chi connectivity index (χ0v) is 11.4. The van der Waals surface area contributed by atoms with Crippen LogP contribution >= 0.6 is 7.60 Å². The van der Waals surface area contributed by atoms with Crippen molar-refractivity contribution < 1.29 is 18.7 Å². The monoisotopic (exact) mass is 278 g/mol. The van der Waals surface area contributed by atoms with Crippen molar-refractivity contribution in [1.29, 1.82) is 0 Å². The van der Waals surface area contributed by atoms with E-state index in [2.05, 4.69) is 0 Å². The summed E-state index contributed by atoms with van der Waals surface area (Å²) in [5.41, 5.74) is 0.